The highest BCUT2D eigenvalue weighted by Crippen LogP contribution is 2.13. The monoisotopic (exact) mass is 302 g/mol. The van der Waals surface area contributed by atoms with E-state index in [2.05, 4.69) is 4.74 Å². The Bertz CT molecular complexity index is 231. The summed E-state index contributed by atoms with van der Waals surface area (Å²) in [6.45, 7) is 0.280. The molecule has 0 aromatic rings. The van der Waals surface area contributed by atoms with Crippen LogP contribution in [0, 0.1) is 0 Å². The second-order valence-electron chi connectivity index (χ2n) is 5.82. The van der Waals surface area contributed by atoms with E-state index in [0.717, 1.165) is 64.2 Å². The fraction of sp³-hybridized carbons (Fsp3) is 0.941. The fourth-order valence-corrected chi connectivity index (χ4v) is 2.45. The first kappa shape index (κ1) is 20.4. The number of rotatable bonds is 15. The lowest BCUT2D eigenvalue weighted by Crippen LogP contribution is -2.06. The molecular formula is C17H34O4. The highest BCUT2D eigenvalue weighted by atomic mass is 16.5. The third kappa shape index (κ3) is 15.6. The Balaban J connectivity index is 3.17. The van der Waals surface area contributed by atoms with Gasteiger partial charge in [-0.15, -0.1) is 0 Å². The number of ether oxygens (including phenoxy) is 1. The van der Waals surface area contributed by atoms with Crippen LogP contribution in [0.5, 0.6) is 0 Å². The summed E-state index contributed by atoms with van der Waals surface area (Å²) in [5, 5.41) is 18.5. The van der Waals surface area contributed by atoms with E-state index in [9.17, 15) is 9.90 Å². The first-order valence-corrected chi connectivity index (χ1v) is 8.56. The van der Waals surface area contributed by atoms with Crippen LogP contribution in [-0.4, -0.2) is 36.0 Å². The SMILES string of the molecule is COC(=O)CCCCCCCC[C@H](O)CCCCCCO. The van der Waals surface area contributed by atoms with Gasteiger partial charge in [-0.25, -0.2) is 0 Å². The Morgan fingerprint density at radius 1 is 0.857 bits per heavy atom. The molecule has 0 aliphatic rings. The maximum atomic E-state index is 10.9. The first-order chi connectivity index (χ1) is 10.2. The van der Waals surface area contributed by atoms with Crippen LogP contribution in [0.25, 0.3) is 0 Å². The van der Waals surface area contributed by atoms with Crippen molar-refractivity contribution in [2.24, 2.45) is 0 Å². The molecule has 0 saturated carbocycles. The molecular weight excluding hydrogens is 268 g/mol. The molecule has 0 rings (SSSR count). The van der Waals surface area contributed by atoms with E-state index in [1.54, 1.807) is 0 Å². The van der Waals surface area contributed by atoms with Crippen molar-refractivity contribution in [3.8, 4) is 0 Å². The van der Waals surface area contributed by atoms with Gasteiger partial charge in [0.2, 0.25) is 0 Å². The second kappa shape index (κ2) is 15.8. The fourth-order valence-electron chi connectivity index (χ4n) is 2.45. The van der Waals surface area contributed by atoms with Crippen molar-refractivity contribution in [3.05, 3.63) is 0 Å². The summed E-state index contributed by atoms with van der Waals surface area (Å²) in [5.74, 6) is -0.114. The van der Waals surface area contributed by atoms with Crippen LogP contribution in [0.4, 0.5) is 0 Å². The predicted molar refractivity (Wildman–Crippen MR) is 85.1 cm³/mol. The van der Waals surface area contributed by atoms with Crippen molar-refractivity contribution in [3.63, 3.8) is 0 Å². The smallest absolute Gasteiger partial charge is 0.305 e. The van der Waals surface area contributed by atoms with Crippen LogP contribution in [0.15, 0.2) is 0 Å². The normalized spacial score (nSPS) is 12.3. The molecule has 0 aliphatic carbocycles. The minimum absolute atomic E-state index is 0.114. The molecule has 0 aromatic heterocycles. The van der Waals surface area contributed by atoms with Gasteiger partial charge in [0.05, 0.1) is 13.2 Å². The van der Waals surface area contributed by atoms with Crippen LogP contribution in [0.1, 0.15) is 83.5 Å². The molecule has 0 heterocycles. The zero-order valence-electron chi connectivity index (χ0n) is 13.7. The van der Waals surface area contributed by atoms with E-state index >= 15 is 0 Å². The molecule has 0 bridgehead atoms. The molecule has 126 valence electrons. The number of esters is 1. The van der Waals surface area contributed by atoms with Crippen molar-refractivity contribution in [1.29, 1.82) is 0 Å². The standard InChI is InChI=1S/C17H34O4/c1-21-17(20)14-10-5-3-2-4-8-12-16(19)13-9-6-7-11-15-18/h16,18-19H,2-15H2,1H3/t16-/m0/s1. The average molecular weight is 302 g/mol. The highest BCUT2D eigenvalue weighted by molar-refractivity contribution is 5.68. The van der Waals surface area contributed by atoms with Crippen LogP contribution < -0.4 is 0 Å². The lowest BCUT2D eigenvalue weighted by Gasteiger charge is -2.10. The van der Waals surface area contributed by atoms with E-state index in [-0.39, 0.29) is 18.7 Å². The zero-order chi connectivity index (χ0) is 15.8. The third-order valence-electron chi connectivity index (χ3n) is 3.84. The minimum atomic E-state index is -0.154. The van der Waals surface area contributed by atoms with Crippen molar-refractivity contribution < 1.29 is 19.7 Å². The molecule has 0 spiro atoms. The summed E-state index contributed by atoms with van der Waals surface area (Å²) in [6.07, 6.45) is 12.9. The Hall–Kier alpha value is -0.610. The molecule has 0 saturated heterocycles. The maximum Gasteiger partial charge on any atom is 0.305 e. The predicted octanol–water partition coefficient (Wildman–Crippen LogP) is 3.58. The van der Waals surface area contributed by atoms with Gasteiger partial charge in [-0.1, -0.05) is 51.4 Å². The summed E-state index contributed by atoms with van der Waals surface area (Å²) < 4.78 is 4.60. The molecule has 4 heteroatoms. The molecule has 0 amide bonds. The Morgan fingerprint density at radius 3 is 1.86 bits per heavy atom. The largest absolute Gasteiger partial charge is 0.469 e. The molecule has 0 fully saturated rings. The summed E-state index contributed by atoms with van der Waals surface area (Å²) >= 11 is 0. The van der Waals surface area contributed by atoms with E-state index in [0.29, 0.717) is 6.42 Å². The number of carbonyl (C=O) groups is 1. The van der Waals surface area contributed by atoms with E-state index in [4.69, 9.17) is 5.11 Å². The maximum absolute atomic E-state index is 10.9. The molecule has 4 nitrogen and oxygen atoms in total. The van der Waals surface area contributed by atoms with Gasteiger partial charge in [-0.2, -0.15) is 0 Å². The highest BCUT2D eigenvalue weighted by Gasteiger charge is 2.04. The molecule has 21 heavy (non-hydrogen) atoms. The number of methoxy groups -OCH3 is 1. The number of aliphatic hydroxyl groups excluding tert-OH is 2. The topological polar surface area (TPSA) is 66.8 Å². The number of hydrogen-bond donors (Lipinski definition) is 2. The lowest BCUT2D eigenvalue weighted by atomic mass is 10.0. The quantitative estimate of drug-likeness (QED) is 0.358. The van der Waals surface area contributed by atoms with Crippen LogP contribution in [0.3, 0.4) is 0 Å². The average Bonchev–Trinajstić information content (AvgIpc) is 2.49. The third-order valence-corrected chi connectivity index (χ3v) is 3.84. The van der Waals surface area contributed by atoms with E-state index in [1.165, 1.54) is 20.0 Å². The van der Waals surface area contributed by atoms with Gasteiger partial charge in [0.1, 0.15) is 0 Å². The van der Waals surface area contributed by atoms with Crippen molar-refractivity contribution >= 4 is 5.97 Å². The van der Waals surface area contributed by atoms with Crippen LogP contribution >= 0.6 is 0 Å². The molecule has 0 aliphatic heterocycles. The van der Waals surface area contributed by atoms with Crippen molar-refractivity contribution in [2.75, 3.05) is 13.7 Å². The second-order valence-corrected chi connectivity index (χ2v) is 5.82. The molecule has 2 N–H and O–H groups in total. The minimum Gasteiger partial charge on any atom is -0.469 e. The van der Waals surface area contributed by atoms with Gasteiger partial charge < -0.3 is 14.9 Å². The van der Waals surface area contributed by atoms with E-state index in [1.807, 2.05) is 0 Å². The Labute approximate surface area is 129 Å². The van der Waals surface area contributed by atoms with Crippen LogP contribution in [-0.2, 0) is 9.53 Å². The molecule has 0 aromatic carbocycles. The van der Waals surface area contributed by atoms with Gasteiger partial charge in [0.25, 0.3) is 0 Å². The van der Waals surface area contributed by atoms with Gasteiger partial charge in [0, 0.05) is 13.0 Å². The number of carbonyl (C=O) groups excluding carboxylic acids is 1. The lowest BCUT2D eigenvalue weighted by molar-refractivity contribution is -0.140. The summed E-state index contributed by atoms with van der Waals surface area (Å²) in [5.41, 5.74) is 0. The summed E-state index contributed by atoms with van der Waals surface area (Å²) in [6, 6.07) is 0. The summed E-state index contributed by atoms with van der Waals surface area (Å²) in [7, 11) is 1.43. The van der Waals surface area contributed by atoms with Gasteiger partial charge in [-0.3, -0.25) is 4.79 Å². The molecule has 1 atom stereocenters. The number of aliphatic hydroxyl groups is 2. The van der Waals surface area contributed by atoms with Crippen molar-refractivity contribution in [2.45, 2.75) is 89.6 Å². The zero-order valence-corrected chi connectivity index (χ0v) is 13.7. The van der Waals surface area contributed by atoms with E-state index < -0.39 is 0 Å². The molecule has 0 radical (unpaired) electrons. The van der Waals surface area contributed by atoms with Gasteiger partial charge in [-0.05, 0) is 25.7 Å². The molecule has 0 unspecified atom stereocenters. The van der Waals surface area contributed by atoms with Gasteiger partial charge in [0.15, 0.2) is 0 Å². The Morgan fingerprint density at radius 2 is 1.33 bits per heavy atom. The van der Waals surface area contributed by atoms with Crippen molar-refractivity contribution in [1.82, 2.24) is 0 Å². The first-order valence-electron chi connectivity index (χ1n) is 8.56. The Kier molecular flexibility index (Phi) is 15.3. The number of unbranched alkanes of at least 4 members (excludes halogenated alkanes) is 8. The number of hydrogen-bond acceptors (Lipinski definition) is 4. The van der Waals surface area contributed by atoms with Crippen LogP contribution in [0.2, 0.25) is 0 Å². The van der Waals surface area contributed by atoms with Gasteiger partial charge >= 0.3 is 5.97 Å². The summed E-state index contributed by atoms with van der Waals surface area (Å²) in [4.78, 5) is 10.9.